The van der Waals surface area contributed by atoms with Crippen molar-refractivity contribution in [3.8, 4) is 0 Å². The minimum atomic E-state index is 0.0940. The number of hydrogen-bond acceptors (Lipinski definition) is 3. The Kier molecular flexibility index (Phi) is 4.08. The molecule has 0 saturated heterocycles. The van der Waals surface area contributed by atoms with E-state index in [1.807, 2.05) is 24.3 Å². The number of hydrazine groups is 1. The van der Waals surface area contributed by atoms with Gasteiger partial charge in [-0.25, -0.2) is 0 Å². The number of anilines is 1. The SMILES string of the molecule is CC12CC3CC(C1)C(CC(=O)NNc1ccnc4cc(Cl)ccc14)C(C3)C2. The monoisotopic (exact) mass is 383 g/mol. The molecule has 6 rings (SSSR count). The molecule has 4 bridgehead atoms. The molecule has 5 heteroatoms. The molecular weight excluding hydrogens is 358 g/mol. The van der Waals surface area contributed by atoms with Crippen LogP contribution in [-0.2, 0) is 4.79 Å². The molecule has 1 amide bonds. The summed E-state index contributed by atoms with van der Waals surface area (Å²) in [5.41, 5.74) is 8.25. The molecule has 1 aromatic carbocycles. The first-order valence-electron chi connectivity index (χ1n) is 10.1. The molecule has 1 heterocycles. The molecule has 1 aromatic heterocycles. The smallest absolute Gasteiger partial charge is 0.238 e. The third-order valence-electron chi connectivity index (χ3n) is 7.24. The van der Waals surface area contributed by atoms with Crippen molar-refractivity contribution in [3.63, 3.8) is 0 Å². The van der Waals surface area contributed by atoms with Crippen molar-refractivity contribution in [2.24, 2.45) is 29.1 Å². The molecule has 4 fully saturated rings. The van der Waals surface area contributed by atoms with E-state index in [0.29, 0.717) is 22.8 Å². The second-order valence-electron chi connectivity index (χ2n) is 9.34. The molecule has 4 aliphatic carbocycles. The Morgan fingerprint density at radius 3 is 2.74 bits per heavy atom. The zero-order valence-corrected chi connectivity index (χ0v) is 16.4. The van der Waals surface area contributed by atoms with E-state index in [9.17, 15) is 4.79 Å². The molecule has 0 spiro atoms. The second kappa shape index (κ2) is 6.37. The first-order chi connectivity index (χ1) is 13.0. The summed E-state index contributed by atoms with van der Waals surface area (Å²) < 4.78 is 0. The van der Waals surface area contributed by atoms with E-state index in [-0.39, 0.29) is 5.91 Å². The lowest BCUT2D eigenvalue weighted by atomic mass is 9.46. The first kappa shape index (κ1) is 17.3. The molecule has 27 heavy (non-hydrogen) atoms. The van der Waals surface area contributed by atoms with Crippen LogP contribution in [0.2, 0.25) is 5.02 Å². The average molecular weight is 384 g/mol. The fourth-order valence-electron chi connectivity index (χ4n) is 6.50. The molecule has 142 valence electrons. The Hall–Kier alpha value is -1.81. The van der Waals surface area contributed by atoms with Gasteiger partial charge in [-0.1, -0.05) is 18.5 Å². The Morgan fingerprint density at radius 2 is 2.00 bits per heavy atom. The molecule has 4 saturated carbocycles. The van der Waals surface area contributed by atoms with Gasteiger partial charge in [0, 0.05) is 23.0 Å². The van der Waals surface area contributed by atoms with Crippen LogP contribution in [0.1, 0.15) is 45.4 Å². The van der Waals surface area contributed by atoms with E-state index >= 15 is 0 Å². The van der Waals surface area contributed by atoms with Crippen molar-refractivity contribution in [1.82, 2.24) is 10.4 Å². The van der Waals surface area contributed by atoms with E-state index in [4.69, 9.17) is 11.6 Å². The fourth-order valence-corrected chi connectivity index (χ4v) is 6.67. The van der Waals surface area contributed by atoms with E-state index < -0.39 is 0 Å². The topological polar surface area (TPSA) is 54.0 Å². The van der Waals surface area contributed by atoms with Crippen molar-refractivity contribution in [1.29, 1.82) is 0 Å². The summed E-state index contributed by atoms with van der Waals surface area (Å²) in [6, 6.07) is 7.48. The Morgan fingerprint density at radius 1 is 1.22 bits per heavy atom. The standard InChI is InChI=1S/C22H26ClN3O/c1-22-10-13-6-14(11-22)18(15(7-13)12-22)9-21(27)26-25-19-4-5-24-20-8-16(23)2-3-17(19)20/h2-5,8,13-15,18H,6-7,9-12H2,1H3,(H,24,25)(H,26,27). The molecule has 2 N–H and O–H groups in total. The predicted molar refractivity (Wildman–Crippen MR) is 108 cm³/mol. The van der Waals surface area contributed by atoms with Crippen molar-refractivity contribution < 1.29 is 4.79 Å². The lowest BCUT2D eigenvalue weighted by molar-refractivity contribution is -0.129. The number of amides is 1. The van der Waals surface area contributed by atoms with Crippen LogP contribution in [-0.4, -0.2) is 10.9 Å². The number of rotatable bonds is 4. The largest absolute Gasteiger partial charge is 0.298 e. The lowest BCUT2D eigenvalue weighted by Crippen LogP contribution is -2.50. The summed E-state index contributed by atoms with van der Waals surface area (Å²) in [6.07, 6.45) is 9.11. The molecule has 0 radical (unpaired) electrons. The van der Waals surface area contributed by atoms with Crippen molar-refractivity contribution >= 4 is 34.1 Å². The number of hydrogen-bond donors (Lipinski definition) is 2. The van der Waals surface area contributed by atoms with Gasteiger partial charge in [0.1, 0.15) is 0 Å². The van der Waals surface area contributed by atoms with Gasteiger partial charge < -0.3 is 0 Å². The molecule has 2 aromatic rings. The number of halogens is 1. The van der Waals surface area contributed by atoms with Gasteiger partial charge in [-0.05, 0) is 85.5 Å². The van der Waals surface area contributed by atoms with Crippen LogP contribution in [0, 0.1) is 29.1 Å². The molecule has 2 atom stereocenters. The second-order valence-corrected chi connectivity index (χ2v) is 9.78. The normalized spacial score (nSPS) is 34.0. The van der Waals surface area contributed by atoms with E-state index in [2.05, 4.69) is 22.8 Å². The van der Waals surface area contributed by atoms with Gasteiger partial charge in [0.2, 0.25) is 5.91 Å². The summed E-state index contributed by atoms with van der Waals surface area (Å²) in [4.78, 5) is 17.0. The number of benzene rings is 1. The Bertz CT molecular complexity index is 882. The van der Waals surface area contributed by atoms with Crippen molar-refractivity contribution in [3.05, 3.63) is 35.5 Å². The maximum atomic E-state index is 12.7. The maximum Gasteiger partial charge on any atom is 0.238 e. The highest BCUT2D eigenvalue weighted by Crippen LogP contribution is 2.62. The van der Waals surface area contributed by atoms with Crippen molar-refractivity contribution in [2.75, 3.05) is 5.43 Å². The van der Waals surface area contributed by atoms with Crippen LogP contribution >= 0.6 is 11.6 Å². The summed E-state index contributed by atoms with van der Waals surface area (Å²) >= 11 is 6.05. The zero-order valence-electron chi connectivity index (χ0n) is 15.7. The highest BCUT2D eigenvalue weighted by atomic mass is 35.5. The number of carbonyl (C=O) groups is 1. The molecule has 4 nitrogen and oxygen atoms in total. The van der Waals surface area contributed by atoms with Crippen LogP contribution in [0.5, 0.6) is 0 Å². The van der Waals surface area contributed by atoms with Gasteiger partial charge in [0.25, 0.3) is 0 Å². The van der Waals surface area contributed by atoms with Gasteiger partial charge >= 0.3 is 0 Å². The minimum Gasteiger partial charge on any atom is -0.298 e. The summed E-state index contributed by atoms with van der Waals surface area (Å²) in [5.74, 6) is 3.06. The molecule has 4 aliphatic rings. The van der Waals surface area contributed by atoms with E-state index in [1.54, 1.807) is 6.20 Å². The highest BCUT2D eigenvalue weighted by molar-refractivity contribution is 6.31. The van der Waals surface area contributed by atoms with Crippen LogP contribution < -0.4 is 10.9 Å². The molecule has 0 aliphatic heterocycles. The summed E-state index contributed by atoms with van der Waals surface area (Å²) in [7, 11) is 0. The number of aromatic nitrogens is 1. The van der Waals surface area contributed by atoms with Crippen LogP contribution in [0.15, 0.2) is 30.5 Å². The van der Waals surface area contributed by atoms with Gasteiger partial charge in [0.05, 0.1) is 11.2 Å². The number of fused-ring (bicyclic) bond motifs is 1. The lowest BCUT2D eigenvalue weighted by Gasteiger charge is -2.59. The molecular formula is C22H26ClN3O. The van der Waals surface area contributed by atoms with Crippen molar-refractivity contribution in [2.45, 2.75) is 45.4 Å². The Labute approximate surface area is 165 Å². The van der Waals surface area contributed by atoms with Gasteiger partial charge in [-0.3, -0.25) is 20.6 Å². The average Bonchev–Trinajstić information content (AvgIpc) is 2.61. The minimum absolute atomic E-state index is 0.0940. The highest BCUT2D eigenvalue weighted by Gasteiger charge is 2.53. The van der Waals surface area contributed by atoms with Crippen LogP contribution in [0.25, 0.3) is 10.9 Å². The van der Waals surface area contributed by atoms with Crippen LogP contribution in [0.3, 0.4) is 0 Å². The first-order valence-corrected chi connectivity index (χ1v) is 10.5. The van der Waals surface area contributed by atoms with E-state index in [1.165, 1.54) is 32.1 Å². The number of nitrogens with one attached hydrogen (secondary N) is 2. The van der Waals surface area contributed by atoms with Crippen LogP contribution in [0.4, 0.5) is 5.69 Å². The zero-order chi connectivity index (χ0) is 18.6. The van der Waals surface area contributed by atoms with Gasteiger partial charge in [-0.2, -0.15) is 0 Å². The molecule has 2 unspecified atom stereocenters. The number of pyridine rings is 1. The quantitative estimate of drug-likeness (QED) is 0.715. The number of carbonyl (C=O) groups excluding carboxylic acids is 1. The fraction of sp³-hybridized carbons (Fsp3) is 0.545. The third-order valence-corrected chi connectivity index (χ3v) is 7.47. The summed E-state index contributed by atoms with van der Waals surface area (Å²) in [5, 5.41) is 1.61. The summed E-state index contributed by atoms with van der Waals surface area (Å²) in [6.45, 7) is 2.47. The Balaban J connectivity index is 1.25. The predicted octanol–water partition coefficient (Wildman–Crippen LogP) is 5.18. The van der Waals surface area contributed by atoms with Gasteiger partial charge in [-0.15, -0.1) is 0 Å². The van der Waals surface area contributed by atoms with Gasteiger partial charge in [0.15, 0.2) is 0 Å². The van der Waals surface area contributed by atoms with E-state index in [0.717, 1.165) is 34.3 Å². The number of nitrogens with zero attached hydrogens (tertiary/aromatic N) is 1. The maximum absolute atomic E-state index is 12.7. The third kappa shape index (κ3) is 3.18.